The van der Waals surface area contributed by atoms with Gasteiger partial charge in [-0.25, -0.2) is 4.79 Å². The first-order chi connectivity index (χ1) is 12.5. The fourth-order valence-electron chi connectivity index (χ4n) is 3.48. The predicted octanol–water partition coefficient (Wildman–Crippen LogP) is -1.24. The monoisotopic (exact) mass is 358 g/mol. The van der Waals surface area contributed by atoms with Crippen molar-refractivity contribution in [2.24, 2.45) is 5.92 Å². The van der Waals surface area contributed by atoms with E-state index in [0.717, 1.165) is 16.8 Å². The van der Waals surface area contributed by atoms with Crippen molar-refractivity contribution in [2.75, 3.05) is 6.61 Å². The lowest BCUT2D eigenvalue weighted by molar-refractivity contribution is -0.0476. The van der Waals surface area contributed by atoms with Crippen LogP contribution in [0.3, 0.4) is 0 Å². The maximum absolute atomic E-state index is 13.1. The molecule has 26 heavy (non-hydrogen) atoms. The summed E-state index contributed by atoms with van der Waals surface area (Å²) in [6.45, 7) is -0.559. The Balaban J connectivity index is 2.08. The molecule has 2 N–H and O–H groups in total. The molecule has 2 aromatic rings. The number of rotatable bonds is 1. The zero-order valence-corrected chi connectivity index (χ0v) is 13.3. The van der Waals surface area contributed by atoms with Gasteiger partial charge in [0.2, 0.25) is 0 Å². The number of aliphatic hydroxyl groups is 2. The van der Waals surface area contributed by atoms with Crippen LogP contribution in [0.4, 0.5) is 0 Å². The van der Waals surface area contributed by atoms with Crippen LogP contribution < -0.4 is 11.2 Å². The smallest absolute Gasteiger partial charge is 0.340 e. The number of hydrogen-bond acceptors (Lipinski definition) is 7. The fourth-order valence-corrected chi connectivity index (χ4v) is 3.48. The minimum atomic E-state index is -1.38. The number of aromatic nitrogens is 2. The largest absolute Gasteiger partial charge is 0.394 e. The highest BCUT2D eigenvalue weighted by Gasteiger charge is 2.50. The summed E-state index contributed by atoms with van der Waals surface area (Å²) in [4.78, 5) is 50.7. The van der Waals surface area contributed by atoms with Crippen molar-refractivity contribution in [1.29, 1.82) is 0 Å². The Kier molecular flexibility index (Phi) is 3.72. The number of carbonyl (C=O) groups is 2. The molecule has 1 fully saturated rings. The second kappa shape index (κ2) is 5.84. The quantitative estimate of drug-likeness (QED) is 0.653. The number of benzene rings is 1. The Bertz CT molecular complexity index is 1040. The van der Waals surface area contributed by atoms with Crippen LogP contribution in [0.25, 0.3) is 0 Å². The summed E-state index contributed by atoms with van der Waals surface area (Å²) in [5, 5.41) is 19.9. The molecular formula is C17H14N2O7. The number of ketones is 1. The second-order valence-electron chi connectivity index (χ2n) is 6.16. The molecular weight excluding hydrogens is 344 g/mol. The van der Waals surface area contributed by atoms with Crippen LogP contribution in [0.15, 0.2) is 46.1 Å². The minimum absolute atomic E-state index is 0.0249. The Morgan fingerprint density at radius 1 is 1.04 bits per heavy atom. The van der Waals surface area contributed by atoms with Crippen molar-refractivity contribution in [1.82, 2.24) is 9.13 Å². The second-order valence-corrected chi connectivity index (χ2v) is 6.16. The molecule has 4 atom stereocenters. The van der Waals surface area contributed by atoms with Gasteiger partial charge in [-0.15, -0.1) is 0 Å². The van der Waals surface area contributed by atoms with E-state index in [1.807, 2.05) is 0 Å². The molecule has 4 rings (SSSR count). The molecule has 0 spiro atoms. The standard InChI is InChI=1S/C17H14N2O7/c20-7-10-14(23)12-13(22)8-3-1-2-4-9(8)15(24)19-11(21)5-6-18(17(19)25)16(12)26-10/h1-6,10,12,14,16,20,23H,7H2/t10-,12-,14-,16-/m1/s1. The fraction of sp³-hybridized carbons (Fsp3) is 0.294. The van der Waals surface area contributed by atoms with E-state index in [1.54, 1.807) is 0 Å². The van der Waals surface area contributed by atoms with Crippen molar-refractivity contribution in [3.8, 4) is 0 Å². The topological polar surface area (TPSA) is 128 Å². The van der Waals surface area contributed by atoms with Crippen LogP contribution in [-0.2, 0) is 4.74 Å². The maximum atomic E-state index is 13.1. The van der Waals surface area contributed by atoms with E-state index in [-0.39, 0.29) is 11.1 Å². The van der Waals surface area contributed by atoms with Crippen LogP contribution in [-0.4, -0.2) is 49.9 Å². The summed E-state index contributed by atoms with van der Waals surface area (Å²) < 4.78 is 6.86. The van der Waals surface area contributed by atoms with E-state index in [9.17, 15) is 29.4 Å². The highest BCUT2D eigenvalue weighted by Crippen LogP contribution is 2.37. The van der Waals surface area contributed by atoms with Crippen molar-refractivity contribution in [3.63, 3.8) is 0 Å². The molecule has 0 aliphatic carbocycles. The molecule has 9 heteroatoms. The first-order valence-corrected chi connectivity index (χ1v) is 7.92. The zero-order valence-electron chi connectivity index (χ0n) is 13.3. The van der Waals surface area contributed by atoms with E-state index < -0.39 is 53.9 Å². The van der Waals surface area contributed by atoms with E-state index in [0.29, 0.717) is 4.57 Å². The van der Waals surface area contributed by atoms with Crippen LogP contribution in [0.5, 0.6) is 0 Å². The molecule has 0 unspecified atom stereocenters. The number of aliphatic hydroxyl groups excluding tert-OH is 2. The van der Waals surface area contributed by atoms with Crippen molar-refractivity contribution < 1.29 is 24.5 Å². The number of carbonyl (C=O) groups excluding carboxylic acids is 2. The minimum Gasteiger partial charge on any atom is -0.394 e. The summed E-state index contributed by atoms with van der Waals surface area (Å²) in [6.07, 6.45) is -2.61. The van der Waals surface area contributed by atoms with Gasteiger partial charge in [-0.2, -0.15) is 4.57 Å². The van der Waals surface area contributed by atoms with Crippen molar-refractivity contribution >= 4 is 11.7 Å². The maximum Gasteiger partial charge on any atom is 0.340 e. The normalized spacial score (nSPS) is 27.3. The molecule has 0 radical (unpaired) electrons. The third-order valence-electron chi connectivity index (χ3n) is 4.76. The average molecular weight is 358 g/mol. The predicted molar refractivity (Wildman–Crippen MR) is 86.0 cm³/mol. The number of fused-ring (bicyclic) bond motifs is 5. The van der Waals surface area contributed by atoms with Crippen molar-refractivity contribution in [2.45, 2.75) is 18.4 Å². The molecule has 1 aromatic heterocycles. The SMILES string of the molecule is O=C1c2ccccc2C(=O)n2c(=O)ccn(c2=O)[C@@H]2O[C@H](CO)[C@@H](O)[C@@H]12. The van der Waals surface area contributed by atoms with Gasteiger partial charge in [0.05, 0.1) is 24.2 Å². The van der Waals surface area contributed by atoms with Gasteiger partial charge in [0, 0.05) is 17.8 Å². The number of Topliss-reactive ketones (excluding diaryl/α,β-unsaturated/α-hetero) is 1. The molecule has 1 aromatic carbocycles. The number of hydrogen-bond donors (Lipinski definition) is 2. The summed E-state index contributed by atoms with van der Waals surface area (Å²) >= 11 is 0. The van der Waals surface area contributed by atoms with Gasteiger partial charge in [0.25, 0.3) is 11.5 Å². The van der Waals surface area contributed by atoms with Gasteiger partial charge >= 0.3 is 5.69 Å². The molecule has 134 valence electrons. The molecule has 9 nitrogen and oxygen atoms in total. The highest BCUT2D eigenvalue weighted by atomic mass is 16.5. The molecule has 1 saturated heterocycles. The Morgan fingerprint density at radius 3 is 2.42 bits per heavy atom. The molecule has 2 bridgehead atoms. The third-order valence-corrected chi connectivity index (χ3v) is 4.76. The van der Waals surface area contributed by atoms with E-state index in [1.165, 1.54) is 24.3 Å². The zero-order chi connectivity index (χ0) is 18.6. The van der Waals surface area contributed by atoms with Crippen molar-refractivity contribution in [3.05, 3.63) is 68.5 Å². The summed E-state index contributed by atoms with van der Waals surface area (Å²) in [7, 11) is 0. The van der Waals surface area contributed by atoms with Gasteiger partial charge in [-0.3, -0.25) is 19.0 Å². The highest BCUT2D eigenvalue weighted by molar-refractivity contribution is 6.10. The molecule has 3 heterocycles. The number of ether oxygens (including phenoxy) is 1. The van der Waals surface area contributed by atoms with E-state index >= 15 is 0 Å². The first kappa shape index (κ1) is 16.6. The van der Waals surface area contributed by atoms with Gasteiger partial charge in [0.15, 0.2) is 12.0 Å². The number of nitrogens with zero attached hydrogens (tertiary/aromatic N) is 2. The molecule has 0 amide bonds. The average Bonchev–Trinajstić information content (AvgIpc) is 2.97. The van der Waals surface area contributed by atoms with Crippen LogP contribution >= 0.6 is 0 Å². The lowest BCUT2D eigenvalue weighted by Gasteiger charge is -2.20. The molecule has 0 saturated carbocycles. The Hall–Kier alpha value is -2.88. The first-order valence-electron chi connectivity index (χ1n) is 7.92. The van der Waals surface area contributed by atoms with E-state index in [4.69, 9.17) is 4.74 Å². The summed E-state index contributed by atoms with van der Waals surface area (Å²) in [6, 6.07) is 6.78. The Morgan fingerprint density at radius 2 is 1.73 bits per heavy atom. The molecule has 2 aliphatic rings. The summed E-state index contributed by atoms with van der Waals surface area (Å²) in [5.74, 6) is -2.75. The van der Waals surface area contributed by atoms with E-state index in [2.05, 4.69) is 0 Å². The van der Waals surface area contributed by atoms with Gasteiger partial charge in [0.1, 0.15) is 6.10 Å². The molecule has 2 aliphatic heterocycles. The van der Waals surface area contributed by atoms with Crippen LogP contribution in [0, 0.1) is 5.92 Å². The lowest BCUT2D eigenvalue weighted by atomic mass is 9.88. The van der Waals surface area contributed by atoms with Crippen LogP contribution in [0.1, 0.15) is 26.9 Å². The summed E-state index contributed by atoms with van der Waals surface area (Å²) in [5.41, 5.74) is -1.96. The lowest BCUT2D eigenvalue weighted by Crippen LogP contribution is -2.44. The third kappa shape index (κ3) is 2.15. The van der Waals surface area contributed by atoms with Gasteiger partial charge < -0.3 is 14.9 Å². The van der Waals surface area contributed by atoms with Gasteiger partial charge in [-0.05, 0) is 6.07 Å². The Labute approximate surface area is 145 Å². The van der Waals surface area contributed by atoms with Crippen LogP contribution in [0.2, 0.25) is 0 Å². The van der Waals surface area contributed by atoms with Gasteiger partial charge in [-0.1, -0.05) is 18.2 Å².